The molecule has 10 nitrogen and oxygen atoms in total. The summed E-state index contributed by atoms with van der Waals surface area (Å²) in [7, 11) is 0. The lowest BCUT2D eigenvalue weighted by Crippen LogP contribution is -2.47. The summed E-state index contributed by atoms with van der Waals surface area (Å²) in [6, 6.07) is 25.7. The van der Waals surface area contributed by atoms with Crippen molar-refractivity contribution in [2.24, 2.45) is 11.5 Å². The van der Waals surface area contributed by atoms with Crippen molar-refractivity contribution in [2.45, 2.75) is 51.4 Å². The second-order valence-corrected chi connectivity index (χ2v) is 12.6. The van der Waals surface area contributed by atoms with Crippen LogP contribution in [-0.4, -0.2) is 17.0 Å². The van der Waals surface area contributed by atoms with E-state index in [0.29, 0.717) is 43.1 Å². The van der Waals surface area contributed by atoms with E-state index in [9.17, 15) is 9.59 Å². The van der Waals surface area contributed by atoms with Crippen LogP contribution in [0.1, 0.15) is 69.4 Å². The Morgan fingerprint density at radius 3 is 2.17 bits per heavy atom. The number of carbonyl (C=O) groups excluding carboxylic acids is 2. The number of thiophene rings is 1. The van der Waals surface area contributed by atoms with Crippen LogP contribution in [0.2, 0.25) is 0 Å². The molecule has 6 rings (SSSR count). The third-order valence-electron chi connectivity index (χ3n) is 8.19. The highest BCUT2D eigenvalue weighted by atomic mass is 32.1. The molecule has 48 heavy (non-hydrogen) atoms. The van der Waals surface area contributed by atoms with E-state index in [1.54, 1.807) is 11.4 Å². The van der Waals surface area contributed by atoms with Gasteiger partial charge >= 0.3 is 0 Å². The third kappa shape index (κ3) is 6.83. The highest BCUT2D eigenvalue weighted by Gasteiger charge is 2.45. The molecule has 5 aromatic rings. The molecular formula is C37H36N4O6S. The van der Waals surface area contributed by atoms with Gasteiger partial charge < -0.3 is 30.3 Å². The Morgan fingerprint density at radius 2 is 1.58 bits per heavy atom. The number of rotatable bonds is 14. The molecule has 0 saturated heterocycles. The fourth-order valence-electron chi connectivity index (χ4n) is 5.58. The lowest BCUT2D eigenvalue weighted by atomic mass is 9.91. The highest BCUT2D eigenvalue weighted by molar-refractivity contribution is 7.08. The standard InChI is InChI=1S/C37H36N4O6S/c1-23(2)28-17-26(30(44-20-24-9-5-3-6-10-24)18-31(28)45-21-25-11-7-4-8-12-25)13-14-29-33(34(35(38)42)40-46-29)32-19-37(36(39)43,41-47-32)27-15-16-48-22-27/h3-12,15-19,22-23,41H,13-14,20-21H2,1-2H3,(H2,38,42)(H2,39,43). The van der Waals surface area contributed by atoms with E-state index in [2.05, 4.69) is 30.6 Å². The Hall–Kier alpha value is -5.39. The van der Waals surface area contributed by atoms with Crippen LogP contribution >= 0.6 is 11.3 Å². The van der Waals surface area contributed by atoms with Gasteiger partial charge in [0.15, 0.2) is 17.0 Å². The normalized spacial score (nSPS) is 15.6. The number of nitrogens with one attached hydrogen (secondary N) is 1. The number of aromatic nitrogens is 1. The Balaban J connectivity index is 1.34. The molecule has 1 unspecified atom stereocenters. The van der Waals surface area contributed by atoms with E-state index in [1.165, 1.54) is 17.4 Å². The number of ether oxygens (including phenoxy) is 2. The van der Waals surface area contributed by atoms with Gasteiger partial charge in [0, 0.05) is 12.5 Å². The zero-order valence-corrected chi connectivity index (χ0v) is 27.4. The van der Waals surface area contributed by atoms with Crippen molar-refractivity contribution in [3.8, 4) is 11.5 Å². The van der Waals surface area contributed by atoms with Gasteiger partial charge in [0.25, 0.3) is 5.91 Å². The smallest absolute Gasteiger partial charge is 0.271 e. The maximum absolute atomic E-state index is 12.7. The predicted octanol–water partition coefficient (Wildman–Crippen LogP) is 6.16. The fourth-order valence-corrected chi connectivity index (χ4v) is 6.29. The van der Waals surface area contributed by atoms with Crippen molar-refractivity contribution in [1.82, 2.24) is 10.6 Å². The van der Waals surface area contributed by atoms with Gasteiger partial charge in [-0.1, -0.05) is 79.7 Å². The molecule has 0 bridgehead atoms. The summed E-state index contributed by atoms with van der Waals surface area (Å²) in [4.78, 5) is 30.9. The number of carbonyl (C=O) groups is 2. The van der Waals surface area contributed by atoms with E-state index in [0.717, 1.165) is 28.0 Å². The first-order valence-corrected chi connectivity index (χ1v) is 16.5. The highest BCUT2D eigenvalue weighted by Crippen LogP contribution is 2.39. The molecule has 1 aliphatic rings. The Kier molecular flexibility index (Phi) is 9.60. The first-order valence-electron chi connectivity index (χ1n) is 15.5. The molecule has 0 fully saturated rings. The van der Waals surface area contributed by atoms with Crippen LogP contribution in [0.5, 0.6) is 11.5 Å². The zero-order valence-electron chi connectivity index (χ0n) is 26.6. The van der Waals surface area contributed by atoms with Crippen molar-refractivity contribution in [2.75, 3.05) is 0 Å². The summed E-state index contributed by atoms with van der Waals surface area (Å²) >= 11 is 1.41. The Morgan fingerprint density at radius 1 is 0.917 bits per heavy atom. The van der Waals surface area contributed by atoms with E-state index in [1.807, 2.05) is 72.1 Å². The zero-order chi connectivity index (χ0) is 33.7. The SMILES string of the molecule is CC(C)c1cc(CCc2onc(C(N)=O)c2C2=CC(C(N)=O)(c3ccsc3)NO2)c(OCc2ccccc2)cc1OCc1ccccc1. The number of aryl methyl sites for hydroxylation is 2. The minimum Gasteiger partial charge on any atom is -0.488 e. The van der Waals surface area contributed by atoms with Gasteiger partial charge in [0.1, 0.15) is 30.5 Å². The molecule has 2 aromatic heterocycles. The van der Waals surface area contributed by atoms with Gasteiger partial charge in [0.2, 0.25) is 5.91 Å². The number of nitrogens with zero attached hydrogens (tertiary/aromatic N) is 1. The summed E-state index contributed by atoms with van der Waals surface area (Å²) in [6.07, 6.45) is 2.29. The molecule has 2 amide bonds. The lowest BCUT2D eigenvalue weighted by molar-refractivity contribution is -0.125. The second kappa shape index (κ2) is 14.2. The molecule has 1 atom stereocenters. The van der Waals surface area contributed by atoms with Gasteiger partial charge in [-0.25, -0.2) is 0 Å². The number of primary amides is 2. The second-order valence-electron chi connectivity index (χ2n) is 11.8. The predicted molar refractivity (Wildman–Crippen MR) is 182 cm³/mol. The summed E-state index contributed by atoms with van der Waals surface area (Å²) < 4.78 is 18.5. The molecule has 246 valence electrons. The Labute approximate surface area is 282 Å². The molecule has 0 aliphatic carbocycles. The first-order chi connectivity index (χ1) is 23.2. The van der Waals surface area contributed by atoms with Crippen LogP contribution in [-0.2, 0) is 41.2 Å². The molecule has 11 heteroatoms. The number of benzene rings is 3. The van der Waals surface area contributed by atoms with Crippen LogP contribution in [0.25, 0.3) is 5.76 Å². The monoisotopic (exact) mass is 664 g/mol. The van der Waals surface area contributed by atoms with Crippen molar-refractivity contribution in [3.05, 3.63) is 141 Å². The van der Waals surface area contributed by atoms with Gasteiger partial charge in [0.05, 0.1) is 5.56 Å². The van der Waals surface area contributed by atoms with Crippen molar-refractivity contribution in [1.29, 1.82) is 0 Å². The van der Waals surface area contributed by atoms with E-state index in [-0.39, 0.29) is 22.9 Å². The van der Waals surface area contributed by atoms with Crippen molar-refractivity contribution < 1.29 is 28.4 Å². The van der Waals surface area contributed by atoms with Crippen LogP contribution in [0.15, 0.2) is 100 Å². The van der Waals surface area contributed by atoms with Crippen LogP contribution in [0.3, 0.4) is 0 Å². The summed E-state index contributed by atoms with van der Waals surface area (Å²) in [5.41, 5.74) is 17.6. The van der Waals surface area contributed by atoms with Crippen LogP contribution in [0, 0.1) is 0 Å². The summed E-state index contributed by atoms with van der Waals surface area (Å²) in [5, 5.41) is 7.60. The lowest BCUT2D eigenvalue weighted by Gasteiger charge is -2.20. The van der Waals surface area contributed by atoms with E-state index < -0.39 is 17.4 Å². The fraction of sp³-hybridized carbons (Fsp3) is 0.216. The van der Waals surface area contributed by atoms with Crippen molar-refractivity contribution in [3.63, 3.8) is 0 Å². The molecule has 5 N–H and O–H groups in total. The quantitative estimate of drug-likeness (QED) is 0.128. The molecule has 1 aliphatic heterocycles. The molecular weight excluding hydrogens is 628 g/mol. The van der Waals surface area contributed by atoms with E-state index >= 15 is 0 Å². The van der Waals surface area contributed by atoms with Crippen LogP contribution in [0.4, 0.5) is 0 Å². The maximum Gasteiger partial charge on any atom is 0.271 e. The number of hydroxylamine groups is 1. The third-order valence-corrected chi connectivity index (χ3v) is 8.87. The van der Waals surface area contributed by atoms with Gasteiger partial charge in [-0.15, -0.1) is 5.48 Å². The molecule has 0 spiro atoms. The Bertz CT molecular complexity index is 1920. The first kappa shape index (κ1) is 32.5. The minimum absolute atomic E-state index is 0.114. The maximum atomic E-state index is 12.7. The van der Waals surface area contributed by atoms with Gasteiger partial charge in [-0.3, -0.25) is 9.59 Å². The van der Waals surface area contributed by atoms with Crippen molar-refractivity contribution >= 4 is 28.9 Å². The van der Waals surface area contributed by atoms with Crippen LogP contribution < -0.4 is 26.4 Å². The largest absolute Gasteiger partial charge is 0.488 e. The van der Waals surface area contributed by atoms with E-state index in [4.69, 9.17) is 30.3 Å². The number of amides is 2. The number of nitrogens with two attached hydrogens (primary N) is 2. The summed E-state index contributed by atoms with van der Waals surface area (Å²) in [6.45, 7) is 5.00. The average Bonchev–Trinajstić information content (AvgIpc) is 3.87. The number of hydrogen-bond donors (Lipinski definition) is 3. The molecule has 3 aromatic carbocycles. The average molecular weight is 665 g/mol. The number of hydrogen-bond acceptors (Lipinski definition) is 9. The molecule has 0 radical (unpaired) electrons. The van der Waals surface area contributed by atoms with Gasteiger partial charge in [-0.2, -0.15) is 11.3 Å². The summed E-state index contributed by atoms with van der Waals surface area (Å²) in [5.74, 6) is 0.595. The molecule has 3 heterocycles. The molecule has 0 saturated carbocycles. The van der Waals surface area contributed by atoms with Gasteiger partial charge in [-0.05, 0) is 69.1 Å². The minimum atomic E-state index is -1.45. The topological polar surface area (TPSA) is 152 Å².